The third-order valence-electron chi connectivity index (χ3n) is 4.35. The van der Waals surface area contributed by atoms with Crippen molar-refractivity contribution in [3.05, 3.63) is 35.4 Å². The molecule has 2 rings (SSSR count). The van der Waals surface area contributed by atoms with Gasteiger partial charge in [-0.2, -0.15) is 11.8 Å². The number of carbonyl (C=O) groups excluding carboxylic acids is 1. The fraction of sp³-hybridized carbons (Fsp3) is 0.579. The average molecular weight is 490 g/mol. The van der Waals surface area contributed by atoms with E-state index in [1.807, 2.05) is 43.0 Å². The molecule has 1 fully saturated rings. The molecule has 0 saturated heterocycles. The van der Waals surface area contributed by atoms with E-state index in [0.717, 1.165) is 23.3 Å². The monoisotopic (exact) mass is 490 g/mol. The van der Waals surface area contributed by atoms with Crippen molar-refractivity contribution in [1.82, 2.24) is 16.0 Å². The fourth-order valence-electron chi connectivity index (χ4n) is 3.04. The minimum atomic E-state index is -0.0348. The number of nitrogens with zero attached hydrogens (tertiary/aromatic N) is 1. The minimum Gasteiger partial charge on any atom is -0.357 e. The molecule has 1 aromatic carbocycles. The lowest BCUT2D eigenvalue weighted by Crippen LogP contribution is -2.42. The molecular weight excluding hydrogens is 459 g/mol. The van der Waals surface area contributed by atoms with Gasteiger partial charge in [-0.05, 0) is 57.1 Å². The van der Waals surface area contributed by atoms with Gasteiger partial charge in [-0.1, -0.05) is 12.1 Å². The van der Waals surface area contributed by atoms with Crippen LogP contribution in [0.15, 0.2) is 29.3 Å². The Kier molecular flexibility index (Phi) is 11.0. The number of hydrogen-bond acceptors (Lipinski definition) is 3. The molecule has 0 radical (unpaired) electrons. The van der Waals surface area contributed by atoms with Gasteiger partial charge in [-0.3, -0.25) is 4.79 Å². The van der Waals surface area contributed by atoms with E-state index < -0.39 is 0 Å². The molecule has 146 valence electrons. The number of hydrogen-bond donors (Lipinski definition) is 3. The van der Waals surface area contributed by atoms with Crippen LogP contribution in [0.5, 0.6) is 0 Å². The van der Waals surface area contributed by atoms with Crippen LogP contribution in [0, 0.1) is 0 Å². The third kappa shape index (κ3) is 7.34. The molecule has 0 aliphatic heterocycles. The van der Waals surface area contributed by atoms with E-state index in [0.29, 0.717) is 24.7 Å². The van der Waals surface area contributed by atoms with Crippen LogP contribution in [0.4, 0.5) is 0 Å². The Balaban J connectivity index is 0.00000338. The van der Waals surface area contributed by atoms with Crippen molar-refractivity contribution in [2.45, 2.75) is 50.9 Å². The standard InChI is InChI=1S/C19H30N4OS.HI/c1-4-20-18(24)15-8-6-7-14(11-15)13-22-19(21-5-2)23-16-9-10-17(12-16)25-3;/h6-8,11,16-17H,4-5,9-10,12-13H2,1-3H3,(H,20,24)(H2,21,22,23);1H. The zero-order valence-corrected chi connectivity index (χ0v) is 19.0. The van der Waals surface area contributed by atoms with Crippen LogP contribution < -0.4 is 16.0 Å². The summed E-state index contributed by atoms with van der Waals surface area (Å²) < 4.78 is 0. The summed E-state index contributed by atoms with van der Waals surface area (Å²) in [5.74, 6) is 0.824. The van der Waals surface area contributed by atoms with Gasteiger partial charge in [0.2, 0.25) is 0 Å². The summed E-state index contributed by atoms with van der Waals surface area (Å²) in [5, 5.41) is 10.5. The van der Waals surface area contributed by atoms with Crippen molar-refractivity contribution in [1.29, 1.82) is 0 Å². The molecule has 1 aliphatic carbocycles. The van der Waals surface area contributed by atoms with Gasteiger partial charge in [0.1, 0.15) is 0 Å². The number of thioether (sulfide) groups is 1. The molecule has 3 N–H and O–H groups in total. The highest BCUT2D eigenvalue weighted by Gasteiger charge is 2.24. The summed E-state index contributed by atoms with van der Waals surface area (Å²) in [7, 11) is 0. The van der Waals surface area contributed by atoms with E-state index in [1.165, 1.54) is 19.3 Å². The highest BCUT2D eigenvalue weighted by Crippen LogP contribution is 2.28. The smallest absolute Gasteiger partial charge is 0.251 e. The SMILES string of the molecule is CCNC(=O)c1cccc(CN=C(NCC)NC2CCC(SC)C2)c1.I. The van der Waals surface area contributed by atoms with Gasteiger partial charge in [0, 0.05) is 29.9 Å². The number of rotatable bonds is 7. The third-order valence-corrected chi connectivity index (χ3v) is 5.44. The summed E-state index contributed by atoms with van der Waals surface area (Å²) in [4.78, 5) is 16.7. The zero-order valence-electron chi connectivity index (χ0n) is 15.9. The maximum Gasteiger partial charge on any atom is 0.251 e. The van der Waals surface area contributed by atoms with E-state index in [1.54, 1.807) is 0 Å². The van der Waals surface area contributed by atoms with Gasteiger partial charge in [0.05, 0.1) is 6.54 Å². The normalized spacial score (nSPS) is 19.6. The number of nitrogens with one attached hydrogen (secondary N) is 3. The Bertz CT molecular complexity index is 597. The highest BCUT2D eigenvalue weighted by atomic mass is 127. The molecule has 1 saturated carbocycles. The number of benzene rings is 1. The highest BCUT2D eigenvalue weighted by molar-refractivity contribution is 14.0. The molecule has 2 atom stereocenters. The first kappa shape index (κ1) is 23.1. The predicted molar refractivity (Wildman–Crippen MR) is 123 cm³/mol. The van der Waals surface area contributed by atoms with E-state index in [-0.39, 0.29) is 29.9 Å². The molecule has 0 bridgehead atoms. The first-order valence-electron chi connectivity index (χ1n) is 9.11. The van der Waals surface area contributed by atoms with E-state index in [4.69, 9.17) is 4.99 Å². The topological polar surface area (TPSA) is 65.5 Å². The zero-order chi connectivity index (χ0) is 18.1. The van der Waals surface area contributed by atoms with E-state index >= 15 is 0 Å². The first-order chi connectivity index (χ1) is 12.2. The second-order valence-electron chi connectivity index (χ2n) is 6.27. The molecule has 0 spiro atoms. The maximum absolute atomic E-state index is 12.0. The Morgan fingerprint density at radius 1 is 1.23 bits per heavy atom. The lowest BCUT2D eigenvalue weighted by molar-refractivity contribution is 0.0955. The Morgan fingerprint density at radius 3 is 2.65 bits per heavy atom. The van der Waals surface area contributed by atoms with Crippen molar-refractivity contribution >= 4 is 47.6 Å². The Morgan fingerprint density at radius 2 is 2.00 bits per heavy atom. The van der Waals surface area contributed by atoms with Crippen molar-refractivity contribution < 1.29 is 4.79 Å². The molecule has 2 unspecified atom stereocenters. The summed E-state index contributed by atoms with van der Waals surface area (Å²) in [6, 6.07) is 8.17. The second kappa shape index (κ2) is 12.4. The number of amides is 1. The van der Waals surface area contributed by atoms with Gasteiger partial charge in [0.25, 0.3) is 5.91 Å². The summed E-state index contributed by atoms with van der Waals surface area (Å²) in [5.41, 5.74) is 1.72. The number of carbonyl (C=O) groups is 1. The van der Waals surface area contributed by atoms with Gasteiger partial charge >= 0.3 is 0 Å². The van der Waals surface area contributed by atoms with Crippen molar-refractivity contribution in [3.63, 3.8) is 0 Å². The van der Waals surface area contributed by atoms with Crippen LogP contribution in [-0.4, -0.2) is 42.5 Å². The average Bonchev–Trinajstić information content (AvgIpc) is 3.08. The summed E-state index contributed by atoms with van der Waals surface area (Å²) >= 11 is 1.96. The van der Waals surface area contributed by atoms with Crippen LogP contribution in [-0.2, 0) is 6.54 Å². The molecule has 0 aromatic heterocycles. The van der Waals surface area contributed by atoms with Gasteiger partial charge in [0.15, 0.2) is 5.96 Å². The van der Waals surface area contributed by atoms with Crippen LogP contribution in [0.3, 0.4) is 0 Å². The quantitative estimate of drug-likeness (QED) is 0.312. The molecule has 5 nitrogen and oxygen atoms in total. The van der Waals surface area contributed by atoms with Gasteiger partial charge in [-0.15, -0.1) is 24.0 Å². The first-order valence-corrected chi connectivity index (χ1v) is 10.4. The molecular formula is C19H31IN4OS. The number of guanidine groups is 1. The lowest BCUT2D eigenvalue weighted by Gasteiger charge is -2.17. The minimum absolute atomic E-state index is 0. The largest absolute Gasteiger partial charge is 0.357 e. The van der Waals surface area contributed by atoms with Crippen molar-refractivity contribution in [2.75, 3.05) is 19.3 Å². The number of halogens is 1. The van der Waals surface area contributed by atoms with Crippen LogP contribution in [0.1, 0.15) is 49.0 Å². The van der Waals surface area contributed by atoms with E-state index in [9.17, 15) is 4.79 Å². The fourth-order valence-corrected chi connectivity index (χ4v) is 3.84. The van der Waals surface area contributed by atoms with Crippen molar-refractivity contribution in [3.8, 4) is 0 Å². The van der Waals surface area contributed by atoms with E-state index in [2.05, 4.69) is 29.1 Å². The van der Waals surface area contributed by atoms with Gasteiger partial charge < -0.3 is 16.0 Å². The lowest BCUT2D eigenvalue weighted by atomic mass is 10.1. The molecule has 0 heterocycles. The predicted octanol–water partition coefficient (Wildman–Crippen LogP) is 3.39. The maximum atomic E-state index is 12.0. The number of aliphatic imine (C=N–C) groups is 1. The summed E-state index contributed by atoms with van der Waals surface area (Å²) in [6.45, 7) is 6.02. The van der Waals surface area contributed by atoms with Crippen LogP contribution >= 0.6 is 35.7 Å². The molecule has 1 aromatic rings. The second-order valence-corrected chi connectivity index (χ2v) is 7.41. The Hall–Kier alpha value is -0.960. The van der Waals surface area contributed by atoms with Crippen molar-refractivity contribution in [2.24, 2.45) is 4.99 Å². The summed E-state index contributed by atoms with van der Waals surface area (Å²) in [6.07, 6.45) is 5.85. The van der Waals surface area contributed by atoms with Gasteiger partial charge in [-0.25, -0.2) is 4.99 Å². The molecule has 26 heavy (non-hydrogen) atoms. The van der Waals surface area contributed by atoms with Crippen LogP contribution in [0.25, 0.3) is 0 Å². The molecule has 1 amide bonds. The Labute approximate surface area is 178 Å². The molecule has 7 heteroatoms. The van der Waals surface area contributed by atoms with Crippen LogP contribution in [0.2, 0.25) is 0 Å². The molecule has 1 aliphatic rings.